The topological polar surface area (TPSA) is 29.5 Å². The maximum Gasteiger partial charge on any atom is 0.223 e. The summed E-state index contributed by atoms with van der Waals surface area (Å²) in [5.74, 6) is 0.659. The fourth-order valence-corrected chi connectivity index (χ4v) is 3.13. The van der Waals surface area contributed by atoms with Gasteiger partial charge in [0.2, 0.25) is 5.91 Å². The predicted molar refractivity (Wildman–Crippen MR) is 78.1 cm³/mol. The molecule has 0 aromatic heterocycles. The molecule has 0 N–H and O–H groups in total. The molecule has 1 heterocycles. The van der Waals surface area contributed by atoms with Gasteiger partial charge in [-0.25, -0.2) is 4.39 Å². The Morgan fingerprint density at radius 1 is 1.19 bits per heavy atom. The SMILES string of the molecule is O=C(CC1CCCC1)N1CC(OCc2ccc(F)cc2)C1. The van der Waals surface area contributed by atoms with Crippen molar-refractivity contribution in [2.75, 3.05) is 13.1 Å². The highest BCUT2D eigenvalue weighted by molar-refractivity contribution is 5.77. The molecule has 1 aromatic carbocycles. The van der Waals surface area contributed by atoms with Gasteiger partial charge in [0.05, 0.1) is 12.7 Å². The van der Waals surface area contributed by atoms with E-state index in [1.807, 2.05) is 4.90 Å². The van der Waals surface area contributed by atoms with E-state index in [0.717, 1.165) is 5.56 Å². The van der Waals surface area contributed by atoms with E-state index in [-0.39, 0.29) is 17.8 Å². The predicted octanol–water partition coefficient (Wildman–Crippen LogP) is 3.13. The van der Waals surface area contributed by atoms with Crippen molar-refractivity contribution < 1.29 is 13.9 Å². The monoisotopic (exact) mass is 291 g/mol. The van der Waals surface area contributed by atoms with Crippen molar-refractivity contribution in [1.29, 1.82) is 0 Å². The summed E-state index contributed by atoms with van der Waals surface area (Å²) in [7, 11) is 0. The number of likely N-dealkylation sites (tertiary alicyclic amines) is 1. The van der Waals surface area contributed by atoms with E-state index in [1.165, 1.54) is 37.8 Å². The van der Waals surface area contributed by atoms with Gasteiger partial charge in [0.25, 0.3) is 0 Å². The van der Waals surface area contributed by atoms with Gasteiger partial charge in [0.15, 0.2) is 0 Å². The van der Waals surface area contributed by atoms with Crippen LogP contribution in [0, 0.1) is 11.7 Å². The average Bonchev–Trinajstić information content (AvgIpc) is 2.92. The molecule has 0 bridgehead atoms. The van der Waals surface area contributed by atoms with E-state index in [9.17, 15) is 9.18 Å². The summed E-state index contributed by atoms with van der Waals surface area (Å²) < 4.78 is 18.5. The van der Waals surface area contributed by atoms with Crippen molar-refractivity contribution in [3.63, 3.8) is 0 Å². The van der Waals surface area contributed by atoms with Crippen LogP contribution in [0.2, 0.25) is 0 Å². The van der Waals surface area contributed by atoms with Crippen molar-refractivity contribution in [3.8, 4) is 0 Å². The van der Waals surface area contributed by atoms with Crippen LogP contribution in [0.3, 0.4) is 0 Å². The summed E-state index contributed by atoms with van der Waals surface area (Å²) in [4.78, 5) is 14.0. The van der Waals surface area contributed by atoms with Crippen molar-refractivity contribution in [3.05, 3.63) is 35.6 Å². The average molecular weight is 291 g/mol. The lowest BCUT2D eigenvalue weighted by Gasteiger charge is -2.39. The standard InChI is InChI=1S/C17H22FNO2/c18-15-7-5-14(6-8-15)12-21-16-10-19(11-16)17(20)9-13-3-1-2-4-13/h5-8,13,16H,1-4,9-12H2. The first-order valence-electron chi connectivity index (χ1n) is 7.84. The molecule has 2 fully saturated rings. The Bertz CT molecular complexity index is 476. The van der Waals surface area contributed by atoms with E-state index < -0.39 is 0 Å². The lowest BCUT2D eigenvalue weighted by molar-refractivity contribution is -0.146. The van der Waals surface area contributed by atoms with Crippen LogP contribution in [0.5, 0.6) is 0 Å². The van der Waals surface area contributed by atoms with E-state index in [1.54, 1.807) is 12.1 Å². The van der Waals surface area contributed by atoms with Crippen LogP contribution in [0.15, 0.2) is 24.3 Å². The Kier molecular flexibility index (Phi) is 4.54. The minimum atomic E-state index is -0.230. The van der Waals surface area contributed by atoms with Crippen LogP contribution in [0.4, 0.5) is 4.39 Å². The summed E-state index contributed by atoms with van der Waals surface area (Å²) in [6.07, 6.45) is 5.82. The lowest BCUT2D eigenvalue weighted by atomic mass is 10.0. The molecule has 3 nitrogen and oxygen atoms in total. The molecule has 0 unspecified atom stereocenters. The third-order valence-corrected chi connectivity index (χ3v) is 4.54. The number of hydrogen-bond donors (Lipinski definition) is 0. The minimum Gasteiger partial charge on any atom is -0.370 e. The lowest BCUT2D eigenvalue weighted by Crippen LogP contribution is -2.54. The van der Waals surface area contributed by atoms with Gasteiger partial charge in [0, 0.05) is 19.5 Å². The number of benzene rings is 1. The number of halogens is 1. The minimum absolute atomic E-state index is 0.127. The molecule has 114 valence electrons. The molecule has 1 aliphatic carbocycles. The molecule has 0 spiro atoms. The Morgan fingerprint density at radius 2 is 1.86 bits per heavy atom. The van der Waals surface area contributed by atoms with Crippen LogP contribution >= 0.6 is 0 Å². The quantitative estimate of drug-likeness (QED) is 0.834. The summed E-state index contributed by atoms with van der Waals surface area (Å²) in [5, 5.41) is 0. The molecule has 0 atom stereocenters. The Balaban J connectivity index is 1.35. The summed E-state index contributed by atoms with van der Waals surface area (Å²) in [6, 6.07) is 6.35. The number of amides is 1. The normalized spacial score (nSPS) is 19.8. The van der Waals surface area contributed by atoms with Crippen LogP contribution in [0.1, 0.15) is 37.7 Å². The summed E-state index contributed by atoms with van der Waals surface area (Å²) >= 11 is 0. The molecule has 1 aliphatic heterocycles. The number of carbonyl (C=O) groups excluding carboxylic acids is 1. The Labute approximate surface area is 125 Å². The van der Waals surface area contributed by atoms with Crippen molar-refractivity contribution >= 4 is 5.91 Å². The van der Waals surface area contributed by atoms with Crippen molar-refractivity contribution in [2.45, 2.75) is 44.8 Å². The molecule has 1 aromatic rings. The van der Waals surface area contributed by atoms with Gasteiger partial charge in [-0.3, -0.25) is 4.79 Å². The maximum absolute atomic E-state index is 12.8. The van der Waals surface area contributed by atoms with Gasteiger partial charge in [0.1, 0.15) is 5.82 Å². The smallest absolute Gasteiger partial charge is 0.223 e. The largest absolute Gasteiger partial charge is 0.370 e. The number of nitrogens with zero attached hydrogens (tertiary/aromatic N) is 1. The number of rotatable bonds is 5. The molecule has 4 heteroatoms. The molecular weight excluding hydrogens is 269 g/mol. The summed E-state index contributed by atoms with van der Waals surface area (Å²) in [6.45, 7) is 1.88. The Morgan fingerprint density at radius 3 is 2.52 bits per heavy atom. The molecule has 3 rings (SSSR count). The second-order valence-electron chi connectivity index (χ2n) is 6.21. The van der Waals surface area contributed by atoms with E-state index in [0.29, 0.717) is 32.0 Å². The van der Waals surface area contributed by atoms with E-state index in [2.05, 4.69) is 0 Å². The third kappa shape index (κ3) is 3.82. The van der Waals surface area contributed by atoms with Gasteiger partial charge in [-0.1, -0.05) is 25.0 Å². The summed E-state index contributed by atoms with van der Waals surface area (Å²) in [5.41, 5.74) is 0.965. The second kappa shape index (κ2) is 6.56. The first kappa shape index (κ1) is 14.5. The van der Waals surface area contributed by atoms with E-state index >= 15 is 0 Å². The first-order valence-corrected chi connectivity index (χ1v) is 7.84. The van der Waals surface area contributed by atoms with Crippen LogP contribution in [-0.4, -0.2) is 30.0 Å². The highest BCUT2D eigenvalue weighted by atomic mass is 19.1. The fourth-order valence-electron chi connectivity index (χ4n) is 3.13. The van der Waals surface area contributed by atoms with Crippen molar-refractivity contribution in [1.82, 2.24) is 4.90 Å². The zero-order valence-corrected chi connectivity index (χ0v) is 12.3. The fraction of sp³-hybridized carbons (Fsp3) is 0.588. The highest BCUT2D eigenvalue weighted by Gasteiger charge is 2.32. The molecule has 1 amide bonds. The zero-order chi connectivity index (χ0) is 14.7. The molecule has 0 radical (unpaired) electrons. The molecule has 1 saturated carbocycles. The second-order valence-corrected chi connectivity index (χ2v) is 6.21. The van der Waals surface area contributed by atoms with Gasteiger partial charge in [-0.05, 0) is 36.5 Å². The first-order chi connectivity index (χ1) is 10.2. The van der Waals surface area contributed by atoms with Crippen LogP contribution in [-0.2, 0) is 16.1 Å². The number of ether oxygens (including phenoxy) is 1. The highest BCUT2D eigenvalue weighted by Crippen LogP contribution is 2.29. The molecular formula is C17H22FNO2. The van der Waals surface area contributed by atoms with Gasteiger partial charge in [-0.2, -0.15) is 0 Å². The molecule has 1 saturated heterocycles. The molecule has 2 aliphatic rings. The van der Waals surface area contributed by atoms with Crippen LogP contribution in [0.25, 0.3) is 0 Å². The van der Waals surface area contributed by atoms with Gasteiger partial charge >= 0.3 is 0 Å². The third-order valence-electron chi connectivity index (χ3n) is 4.54. The molecule has 21 heavy (non-hydrogen) atoms. The van der Waals surface area contributed by atoms with E-state index in [4.69, 9.17) is 4.74 Å². The van der Waals surface area contributed by atoms with Crippen molar-refractivity contribution in [2.24, 2.45) is 5.92 Å². The van der Waals surface area contributed by atoms with Gasteiger partial charge < -0.3 is 9.64 Å². The van der Waals surface area contributed by atoms with Crippen LogP contribution < -0.4 is 0 Å². The zero-order valence-electron chi connectivity index (χ0n) is 12.3. The number of hydrogen-bond acceptors (Lipinski definition) is 2. The number of carbonyl (C=O) groups is 1. The Hall–Kier alpha value is -1.42. The maximum atomic E-state index is 12.8. The van der Waals surface area contributed by atoms with Gasteiger partial charge in [-0.15, -0.1) is 0 Å².